The zero-order valence-corrected chi connectivity index (χ0v) is 16.6. The van der Waals surface area contributed by atoms with E-state index in [1.54, 1.807) is 0 Å². The van der Waals surface area contributed by atoms with Gasteiger partial charge in [0.15, 0.2) is 11.5 Å². The number of Topliss-reactive ketones (excluding diaryl/α,β-unsaturated/α-hetero) is 1. The van der Waals surface area contributed by atoms with Crippen molar-refractivity contribution in [2.45, 2.75) is 82.9 Å². The molecule has 0 spiro atoms. The van der Waals surface area contributed by atoms with Crippen molar-refractivity contribution in [1.29, 1.82) is 0 Å². The fourth-order valence-electron chi connectivity index (χ4n) is 7.45. The van der Waals surface area contributed by atoms with Crippen molar-refractivity contribution >= 4 is 5.78 Å². The highest BCUT2D eigenvalue weighted by molar-refractivity contribution is 5.95. The third-order valence-electron chi connectivity index (χ3n) is 9.12. The maximum Gasteiger partial charge on any atom is 0.456 e. The molecule has 0 bridgehead atoms. The Kier molecular flexibility index (Phi) is 4.32. The van der Waals surface area contributed by atoms with Gasteiger partial charge in [-0.05, 0) is 73.7 Å². The van der Waals surface area contributed by atoms with Crippen molar-refractivity contribution in [1.82, 2.24) is 0 Å². The molecule has 3 nitrogen and oxygen atoms in total. The average Bonchev–Trinajstić information content (AvgIpc) is 2.90. The fraction of sp³-hybridized carbons (Fsp3) is 0.857. The van der Waals surface area contributed by atoms with Crippen molar-refractivity contribution < 1.29 is 37.0 Å². The molecule has 4 aliphatic rings. The molecule has 3 fully saturated rings. The van der Waals surface area contributed by atoms with Crippen molar-refractivity contribution in [3.05, 3.63) is 11.3 Å². The number of hydrogen-bond acceptors (Lipinski definition) is 3. The van der Waals surface area contributed by atoms with E-state index in [1.807, 2.05) is 6.92 Å². The second kappa shape index (κ2) is 5.95. The molecule has 0 aromatic rings. The molecule has 8 heteroatoms. The molecule has 4 aliphatic carbocycles. The lowest BCUT2D eigenvalue weighted by molar-refractivity contribution is -0.363. The van der Waals surface area contributed by atoms with Gasteiger partial charge in [-0.15, -0.1) is 0 Å². The highest BCUT2D eigenvalue weighted by Crippen LogP contribution is 2.71. The lowest BCUT2D eigenvalue weighted by Gasteiger charge is -2.59. The second-order valence-electron chi connectivity index (χ2n) is 10.0. The fourth-order valence-corrected chi connectivity index (χ4v) is 7.45. The summed E-state index contributed by atoms with van der Waals surface area (Å²) in [4.78, 5) is 11.9. The molecule has 3 saturated carbocycles. The first-order valence-corrected chi connectivity index (χ1v) is 10.3. The van der Waals surface area contributed by atoms with Crippen molar-refractivity contribution in [3.8, 4) is 0 Å². The predicted molar refractivity (Wildman–Crippen MR) is 94.2 cm³/mol. The van der Waals surface area contributed by atoms with Gasteiger partial charge in [-0.2, -0.15) is 22.0 Å². The minimum absolute atomic E-state index is 0.00133. The Morgan fingerprint density at radius 3 is 2.17 bits per heavy atom. The van der Waals surface area contributed by atoms with Crippen molar-refractivity contribution in [3.63, 3.8) is 0 Å². The molecule has 0 saturated heterocycles. The highest BCUT2D eigenvalue weighted by Gasteiger charge is 2.79. The molecule has 0 amide bonds. The van der Waals surface area contributed by atoms with Gasteiger partial charge in [0.25, 0.3) is 0 Å². The molecule has 0 heterocycles. The Balaban J connectivity index is 1.72. The van der Waals surface area contributed by atoms with Gasteiger partial charge in [0.05, 0.1) is 0 Å². The number of carbonyl (C=O) groups excluding carboxylic acids is 1. The number of rotatable bonds is 1. The highest BCUT2D eigenvalue weighted by atomic mass is 19.4. The first kappa shape index (κ1) is 21.1. The molecular weight excluding hydrogens is 395 g/mol. The zero-order chi connectivity index (χ0) is 21.6. The van der Waals surface area contributed by atoms with Crippen LogP contribution < -0.4 is 0 Å². The Hall–Kier alpha value is -1.18. The van der Waals surface area contributed by atoms with E-state index in [4.69, 9.17) is 0 Å². The smallest absolute Gasteiger partial charge is 0.456 e. The summed E-state index contributed by atoms with van der Waals surface area (Å²) in [7, 11) is 0. The van der Waals surface area contributed by atoms with Gasteiger partial charge in [0.1, 0.15) is 5.60 Å². The largest absolute Gasteiger partial charge is 0.504 e. The van der Waals surface area contributed by atoms with Crippen LogP contribution in [0.3, 0.4) is 0 Å². The summed E-state index contributed by atoms with van der Waals surface area (Å²) in [5.41, 5.74) is -4.38. The number of aliphatic hydroxyl groups is 2. The van der Waals surface area contributed by atoms with E-state index >= 15 is 0 Å². The molecule has 164 valence electrons. The number of carbonyl (C=O) groups is 1. The molecule has 0 aromatic heterocycles. The van der Waals surface area contributed by atoms with Crippen LogP contribution in [0.15, 0.2) is 11.3 Å². The quantitative estimate of drug-likeness (QED) is 0.562. The number of fused-ring (bicyclic) bond motifs is 5. The standard InChI is InChI=1S/C21H27F5O3/c1-17-8-7-15(27)16(28)14(17)4-3-11-12(17)5-9-18(2)13(11)6-10-19(18,29)20(22,23)21(24,25)26/h11-13,28-29H,3-10H2,1-2H3/t11?,12?,13?,17-,18+,19-/m1/s1. The molecule has 2 N–H and O–H groups in total. The lowest BCUT2D eigenvalue weighted by Crippen LogP contribution is -2.65. The van der Waals surface area contributed by atoms with Crippen LogP contribution in [0, 0.1) is 28.6 Å². The summed E-state index contributed by atoms with van der Waals surface area (Å²) < 4.78 is 68.4. The van der Waals surface area contributed by atoms with E-state index in [9.17, 15) is 37.0 Å². The van der Waals surface area contributed by atoms with Crippen LogP contribution in [-0.2, 0) is 4.79 Å². The van der Waals surface area contributed by atoms with E-state index < -0.39 is 40.9 Å². The Morgan fingerprint density at radius 2 is 1.55 bits per heavy atom. The van der Waals surface area contributed by atoms with Gasteiger partial charge in [-0.25, -0.2) is 0 Å². The molecule has 0 aromatic carbocycles. The van der Waals surface area contributed by atoms with Crippen LogP contribution in [0.5, 0.6) is 0 Å². The van der Waals surface area contributed by atoms with Crippen LogP contribution in [0.25, 0.3) is 0 Å². The molecule has 29 heavy (non-hydrogen) atoms. The second-order valence-corrected chi connectivity index (χ2v) is 10.0. The molecule has 4 rings (SSSR count). The maximum atomic E-state index is 14.4. The van der Waals surface area contributed by atoms with Gasteiger partial charge >= 0.3 is 12.1 Å². The topological polar surface area (TPSA) is 57.5 Å². The van der Waals surface area contributed by atoms with E-state index in [-0.39, 0.29) is 42.6 Å². The van der Waals surface area contributed by atoms with Gasteiger partial charge < -0.3 is 10.2 Å². The molecular formula is C21H27F5O3. The van der Waals surface area contributed by atoms with Gasteiger partial charge in [-0.1, -0.05) is 13.8 Å². The van der Waals surface area contributed by atoms with Crippen molar-refractivity contribution in [2.75, 3.05) is 0 Å². The van der Waals surface area contributed by atoms with E-state index in [0.29, 0.717) is 31.3 Å². The monoisotopic (exact) mass is 422 g/mol. The number of hydrogen-bond donors (Lipinski definition) is 2. The lowest BCUT2D eigenvalue weighted by atomic mass is 9.46. The zero-order valence-electron chi connectivity index (χ0n) is 16.6. The van der Waals surface area contributed by atoms with Crippen LogP contribution in [0.4, 0.5) is 22.0 Å². The van der Waals surface area contributed by atoms with E-state index in [1.165, 1.54) is 6.92 Å². The van der Waals surface area contributed by atoms with Gasteiger partial charge in [0.2, 0.25) is 0 Å². The number of alkyl halides is 5. The normalized spacial score (nSPS) is 45.7. The molecule has 6 atom stereocenters. The molecule has 0 radical (unpaired) electrons. The average molecular weight is 422 g/mol. The number of ketones is 1. The molecule has 0 aliphatic heterocycles. The third kappa shape index (κ3) is 2.41. The first-order valence-electron chi connectivity index (χ1n) is 10.3. The summed E-state index contributed by atoms with van der Waals surface area (Å²) in [6.45, 7) is 3.38. The van der Waals surface area contributed by atoms with E-state index in [0.717, 1.165) is 0 Å². The van der Waals surface area contributed by atoms with Crippen LogP contribution in [0.2, 0.25) is 0 Å². The third-order valence-corrected chi connectivity index (χ3v) is 9.12. The van der Waals surface area contributed by atoms with Crippen LogP contribution in [0.1, 0.15) is 65.2 Å². The summed E-state index contributed by atoms with van der Waals surface area (Å²) >= 11 is 0. The number of halogens is 5. The van der Waals surface area contributed by atoms with E-state index in [2.05, 4.69) is 0 Å². The summed E-state index contributed by atoms with van der Waals surface area (Å²) in [5.74, 6) is -6.19. The molecule has 3 unspecified atom stereocenters. The minimum Gasteiger partial charge on any atom is -0.504 e. The summed E-state index contributed by atoms with van der Waals surface area (Å²) in [6.07, 6.45) is -4.05. The van der Waals surface area contributed by atoms with Gasteiger partial charge in [0, 0.05) is 11.8 Å². The van der Waals surface area contributed by atoms with Crippen molar-refractivity contribution in [2.24, 2.45) is 28.6 Å². The Bertz CT molecular complexity index is 775. The minimum atomic E-state index is -5.81. The number of aliphatic hydroxyl groups excluding tert-OH is 1. The number of allylic oxidation sites excluding steroid dienone is 1. The predicted octanol–water partition coefficient (Wildman–Crippen LogP) is 5.33. The van der Waals surface area contributed by atoms with Gasteiger partial charge in [-0.3, -0.25) is 4.79 Å². The van der Waals surface area contributed by atoms with Crippen LogP contribution >= 0.6 is 0 Å². The summed E-state index contributed by atoms with van der Waals surface area (Å²) in [5, 5.41) is 21.1. The summed E-state index contributed by atoms with van der Waals surface area (Å²) in [6, 6.07) is 0. The Labute approximate surface area is 166 Å². The maximum absolute atomic E-state index is 14.4. The van der Waals surface area contributed by atoms with Crippen LogP contribution in [-0.4, -0.2) is 33.7 Å². The first-order chi connectivity index (χ1) is 13.2. The SMILES string of the molecule is C[C@]12CCC(=O)C(O)=C1CCC1C2CC[C@@]2(C)C1CC[C@]2(O)C(F)(F)C(F)(F)F. The Morgan fingerprint density at radius 1 is 0.931 bits per heavy atom.